The summed E-state index contributed by atoms with van der Waals surface area (Å²) in [6.07, 6.45) is 1.63. The van der Waals surface area contributed by atoms with Gasteiger partial charge in [-0.05, 0) is 18.2 Å². The fraction of sp³-hybridized carbons (Fsp3) is 0.300. The van der Waals surface area contributed by atoms with Crippen LogP contribution in [0.1, 0.15) is 12.0 Å². The molecule has 2 aromatic carbocycles. The number of hydrogen-bond acceptors (Lipinski definition) is 6. The fourth-order valence-corrected chi connectivity index (χ4v) is 3.12. The lowest BCUT2D eigenvalue weighted by Crippen LogP contribution is -2.47. The molecule has 2 aromatic rings. The Morgan fingerprint density at radius 2 is 1.75 bits per heavy atom. The van der Waals surface area contributed by atoms with E-state index in [0.29, 0.717) is 18.5 Å². The van der Waals surface area contributed by atoms with Gasteiger partial charge in [-0.2, -0.15) is 5.10 Å². The largest absolute Gasteiger partial charge is 0.369 e. The maximum atomic E-state index is 12.0. The smallest absolute Gasteiger partial charge is 0.278 e. The van der Waals surface area contributed by atoms with Gasteiger partial charge in [-0.1, -0.05) is 30.3 Å². The maximum Gasteiger partial charge on any atom is 0.278 e. The number of carbonyl (C=O) groups is 1. The van der Waals surface area contributed by atoms with Crippen molar-refractivity contribution in [3.05, 3.63) is 70.3 Å². The molecule has 0 spiro atoms. The van der Waals surface area contributed by atoms with Crippen molar-refractivity contribution in [2.45, 2.75) is 6.42 Å². The Bertz CT molecular complexity index is 833. The summed E-state index contributed by atoms with van der Waals surface area (Å²) in [5.41, 5.74) is 3.98. The van der Waals surface area contributed by atoms with Crippen LogP contribution in [-0.4, -0.2) is 54.7 Å². The van der Waals surface area contributed by atoms with Crippen LogP contribution in [0, 0.1) is 10.1 Å². The number of nitrogens with one attached hydrogen (secondary N) is 1. The molecule has 146 valence electrons. The zero-order valence-corrected chi connectivity index (χ0v) is 15.5. The molecule has 0 bridgehead atoms. The number of carbonyl (C=O) groups excluding carboxylic acids is 1. The number of nitro benzene ring substituents is 1. The third-order valence-electron chi connectivity index (χ3n) is 4.68. The number of nitro groups is 1. The van der Waals surface area contributed by atoms with E-state index in [1.54, 1.807) is 18.2 Å². The molecule has 1 saturated heterocycles. The molecule has 1 aliphatic rings. The summed E-state index contributed by atoms with van der Waals surface area (Å²) in [7, 11) is 0. The quantitative estimate of drug-likeness (QED) is 0.451. The van der Waals surface area contributed by atoms with Gasteiger partial charge in [0.25, 0.3) is 5.69 Å². The molecule has 1 amide bonds. The topological polar surface area (TPSA) is 91.1 Å². The van der Waals surface area contributed by atoms with Gasteiger partial charge in [-0.15, -0.1) is 0 Å². The molecule has 1 fully saturated rings. The van der Waals surface area contributed by atoms with Crippen molar-refractivity contribution in [3.8, 4) is 0 Å². The average Bonchev–Trinajstić information content (AvgIpc) is 2.73. The molecule has 3 rings (SSSR count). The summed E-state index contributed by atoms with van der Waals surface area (Å²) in [6.45, 7) is 4.34. The molecule has 0 unspecified atom stereocenters. The van der Waals surface area contributed by atoms with Gasteiger partial charge < -0.3 is 4.90 Å². The lowest BCUT2D eigenvalue weighted by atomic mass is 10.2. The Balaban J connectivity index is 1.40. The summed E-state index contributed by atoms with van der Waals surface area (Å²) in [5.74, 6) is -0.208. The van der Waals surface area contributed by atoms with Crippen LogP contribution in [0.15, 0.2) is 59.7 Å². The third kappa shape index (κ3) is 5.37. The number of anilines is 1. The first-order valence-electron chi connectivity index (χ1n) is 9.21. The number of rotatable bonds is 7. The highest BCUT2D eigenvalue weighted by atomic mass is 16.6. The monoisotopic (exact) mass is 381 g/mol. The minimum Gasteiger partial charge on any atom is -0.369 e. The first-order valence-corrected chi connectivity index (χ1v) is 9.21. The number of benzene rings is 2. The Hall–Kier alpha value is -3.26. The highest BCUT2D eigenvalue weighted by Gasteiger charge is 2.17. The summed E-state index contributed by atoms with van der Waals surface area (Å²) in [5, 5.41) is 14.8. The minimum atomic E-state index is -0.474. The van der Waals surface area contributed by atoms with Crippen LogP contribution in [0.25, 0.3) is 0 Å². The van der Waals surface area contributed by atoms with E-state index in [0.717, 1.165) is 26.2 Å². The summed E-state index contributed by atoms with van der Waals surface area (Å²) < 4.78 is 0. The molecule has 0 aliphatic carbocycles. The fourth-order valence-electron chi connectivity index (χ4n) is 3.12. The van der Waals surface area contributed by atoms with Crippen LogP contribution in [0.3, 0.4) is 0 Å². The number of nitrogens with zero attached hydrogens (tertiary/aromatic N) is 4. The van der Waals surface area contributed by atoms with E-state index in [1.807, 2.05) is 18.2 Å². The van der Waals surface area contributed by atoms with Crippen molar-refractivity contribution in [2.24, 2.45) is 5.10 Å². The average molecular weight is 381 g/mol. The number of hydrogen-bond donors (Lipinski definition) is 1. The van der Waals surface area contributed by atoms with Crippen LogP contribution in [0.5, 0.6) is 0 Å². The molecule has 8 nitrogen and oxygen atoms in total. The van der Waals surface area contributed by atoms with E-state index in [-0.39, 0.29) is 11.6 Å². The van der Waals surface area contributed by atoms with E-state index in [9.17, 15) is 14.9 Å². The standard InChI is InChI=1S/C20H23N5O3/c26-20(22-21-16-17-6-4-5-9-19(17)25(27)28)10-11-23-12-14-24(15-13-23)18-7-2-1-3-8-18/h1-9,16H,10-15H2,(H,22,26)/b21-16-. The molecule has 0 saturated carbocycles. The molecule has 0 radical (unpaired) electrons. The Kier molecular flexibility index (Phi) is 6.69. The van der Waals surface area contributed by atoms with Gasteiger partial charge in [-0.25, -0.2) is 5.43 Å². The van der Waals surface area contributed by atoms with Gasteiger partial charge in [0.15, 0.2) is 0 Å². The van der Waals surface area contributed by atoms with Crippen molar-refractivity contribution in [1.82, 2.24) is 10.3 Å². The highest BCUT2D eigenvalue weighted by molar-refractivity contribution is 5.86. The molecular weight excluding hydrogens is 358 g/mol. The van der Waals surface area contributed by atoms with Crippen molar-refractivity contribution >= 4 is 23.5 Å². The zero-order chi connectivity index (χ0) is 19.8. The van der Waals surface area contributed by atoms with E-state index in [2.05, 4.69) is 32.5 Å². The van der Waals surface area contributed by atoms with E-state index in [1.165, 1.54) is 18.0 Å². The second-order valence-electron chi connectivity index (χ2n) is 6.52. The molecule has 8 heteroatoms. The van der Waals surface area contributed by atoms with Gasteiger partial charge in [0.1, 0.15) is 0 Å². The third-order valence-corrected chi connectivity index (χ3v) is 4.68. The van der Waals surface area contributed by atoms with Gasteiger partial charge >= 0.3 is 0 Å². The normalized spacial score (nSPS) is 14.9. The van der Waals surface area contributed by atoms with Crippen LogP contribution in [0.2, 0.25) is 0 Å². The lowest BCUT2D eigenvalue weighted by molar-refractivity contribution is -0.385. The van der Waals surface area contributed by atoms with Crippen molar-refractivity contribution in [2.75, 3.05) is 37.6 Å². The van der Waals surface area contributed by atoms with E-state index >= 15 is 0 Å². The predicted molar refractivity (Wildman–Crippen MR) is 109 cm³/mol. The number of hydrazone groups is 1. The summed E-state index contributed by atoms with van der Waals surface area (Å²) >= 11 is 0. The van der Waals surface area contributed by atoms with Crippen LogP contribution in [0.4, 0.5) is 11.4 Å². The Morgan fingerprint density at radius 3 is 2.46 bits per heavy atom. The molecule has 1 aliphatic heterocycles. The molecule has 1 N–H and O–H groups in total. The molecule has 28 heavy (non-hydrogen) atoms. The predicted octanol–water partition coefficient (Wildman–Crippen LogP) is 2.26. The SMILES string of the molecule is O=C(CCN1CCN(c2ccccc2)CC1)N/N=C\c1ccccc1[N+](=O)[O-]. The number of piperazine rings is 1. The van der Waals surface area contributed by atoms with Crippen molar-refractivity contribution < 1.29 is 9.72 Å². The first-order chi connectivity index (χ1) is 13.6. The molecule has 0 aromatic heterocycles. The maximum absolute atomic E-state index is 12.0. The summed E-state index contributed by atoms with van der Waals surface area (Å²) in [6, 6.07) is 16.6. The van der Waals surface area contributed by atoms with Crippen molar-refractivity contribution in [1.29, 1.82) is 0 Å². The molecular formula is C20H23N5O3. The highest BCUT2D eigenvalue weighted by Crippen LogP contribution is 2.16. The van der Waals surface area contributed by atoms with Gasteiger partial charge in [-0.3, -0.25) is 19.8 Å². The van der Waals surface area contributed by atoms with Gasteiger partial charge in [0.05, 0.1) is 16.7 Å². The second kappa shape index (κ2) is 9.61. The lowest BCUT2D eigenvalue weighted by Gasteiger charge is -2.36. The zero-order valence-electron chi connectivity index (χ0n) is 15.5. The Labute approximate surface area is 163 Å². The molecule has 1 heterocycles. The van der Waals surface area contributed by atoms with E-state index < -0.39 is 4.92 Å². The van der Waals surface area contributed by atoms with Crippen LogP contribution < -0.4 is 10.3 Å². The second-order valence-corrected chi connectivity index (χ2v) is 6.52. The van der Waals surface area contributed by atoms with E-state index in [4.69, 9.17) is 0 Å². The Morgan fingerprint density at radius 1 is 1.07 bits per heavy atom. The van der Waals surface area contributed by atoms with Gasteiger partial charge in [0.2, 0.25) is 5.91 Å². The molecule has 0 atom stereocenters. The van der Waals surface area contributed by atoms with Gasteiger partial charge in [0, 0.05) is 50.9 Å². The number of amides is 1. The first kappa shape index (κ1) is 19.5. The minimum absolute atomic E-state index is 0.0446. The van der Waals surface area contributed by atoms with Crippen molar-refractivity contribution in [3.63, 3.8) is 0 Å². The summed E-state index contributed by atoms with van der Waals surface area (Å²) in [4.78, 5) is 27.1. The number of para-hydroxylation sites is 2. The van der Waals surface area contributed by atoms with Crippen LogP contribution >= 0.6 is 0 Å². The van der Waals surface area contributed by atoms with Crippen LogP contribution in [-0.2, 0) is 4.79 Å².